The highest BCUT2D eigenvalue weighted by molar-refractivity contribution is 7.71. The number of carbonyl (C=O) groups is 1. The van der Waals surface area contributed by atoms with Gasteiger partial charge in [-0.05, 0) is 54.0 Å². The molecule has 1 aromatic heterocycles. The summed E-state index contributed by atoms with van der Waals surface area (Å²) in [6.07, 6.45) is 0.922. The molecule has 0 saturated heterocycles. The molecule has 0 spiro atoms. The van der Waals surface area contributed by atoms with Crippen molar-refractivity contribution < 1.29 is 15.0 Å². The zero-order valence-electron chi connectivity index (χ0n) is 13.9. The maximum Gasteiger partial charge on any atom is 0.228 e. The van der Waals surface area contributed by atoms with Gasteiger partial charge in [0.15, 0.2) is 10.6 Å². The number of aryl methyl sites for hydroxylation is 1. The molecule has 132 valence electrons. The Morgan fingerprint density at radius 1 is 1.23 bits per heavy atom. The van der Waals surface area contributed by atoms with Crippen LogP contribution in [0.15, 0.2) is 30.3 Å². The molecule has 2 heterocycles. The first-order valence-electron chi connectivity index (χ1n) is 8.13. The molecular weight excluding hydrogens is 352 g/mol. The van der Waals surface area contributed by atoms with Crippen molar-refractivity contribution in [2.24, 2.45) is 0 Å². The van der Waals surface area contributed by atoms with E-state index in [1.54, 1.807) is 10.6 Å². The van der Waals surface area contributed by atoms with Crippen molar-refractivity contribution in [2.45, 2.75) is 19.8 Å². The standard InChI is InChI=1S/C18H16N4O3S/c1-2-9-6-12(15(24)8-14(9)23)17-20-21-18(26)22(17)11-3-4-13-10(5-11)7-16(25)19-13/h3-6,8,23-24H,2,7H2,1H3,(H,19,25)(H,21,26). The summed E-state index contributed by atoms with van der Waals surface area (Å²) in [5.41, 5.74) is 3.56. The molecule has 2 aromatic carbocycles. The summed E-state index contributed by atoms with van der Waals surface area (Å²) in [7, 11) is 0. The molecule has 0 unspecified atom stereocenters. The van der Waals surface area contributed by atoms with Crippen LogP contribution in [0.5, 0.6) is 11.5 Å². The Morgan fingerprint density at radius 2 is 2.04 bits per heavy atom. The van der Waals surface area contributed by atoms with Gasteiger partial charge in [-0.15, -0.1) is 0 Å². The number of aromatic nitrogens is 3. The van der Waals surface area contributed by atoms with E-state index in [9.17, 15) is 15.0 Å². The lowest BCUT2D eigenvalue weighted by atomic mass is 10.1. The summed E-state index contributed by atoms with van der Waals surface area (Å²) >= 11 is 5.37. The molecule has 1 aliphatic heterocycles. The fraction of sp³-hybridized carbons (Fsp3) is 0.167. The van der Waals surface area contributed by atoms with Gasteiger partial charge in [0.2, 0.25) is 5.91 Å². The van der Waals surface area contributed by atoms with Gasteiger partial charge in [0.05, 0.1) is 17.7 Å². The van der Waals surface area contributed by atoms with Crippen LogP contribution in [0.2, 0.25) is 0 Å². The van der Waals surface area contributed by atoms with E-state index in [4.69, 9.17) is 12.2 Å². The number of hydrogen-bond donors (Lipinski definition) is 4. The Kier molecular flexibility index (Phi) is 3.77. The van der Waals surface area contributed by atoms with Crippen LogP contribution in [-0.4, -0.2) is 30.9 Å². The van der Waals surface area contributed by atoms with Gasteiger partial charge in [-0.25, -0.2) is 0 Å². The van der Waals surface area contributed by atoms with E-state index in [2.05, 4.69) is 15.5 Å². The minimum absolute atomic E-state index is 0.0385. The van der Waals surface area contributed by atoms with Gasteiger partial charge in [-0.3, -0.25) is 14.5 Å². The number of fused-ring (bicyclic) bond motifs is 1. The molecule has 0 radical (unpaired) electrons. The van der Waals surface area contributed by atoms with Crippen LogP contribution in [-0.2, 0) is 17.6 Å². The number of aromatic hydroxyl groups is 2. The minimum atomic E-state index is -0.0899. The van der Waals surface area contributed by atoms with Gasteiger partial charge in [0, 0.05) is 11.8 Å². The second-order valence-corrected chi connectivity index (χ2v) is 6.49. The van der Waals surface area contributed by atoms with Crippen molar-refractivity contribution in [1.29, 1.82) is 0 Å². The van der Waals surface area contributed by atoms with Gasteiger partial charge in [0.25, 0.3) is 0 Å². The number of anilines is 1. The Morgan fingerprint density at radius 3 is 2.81 bits per heavy atom. The Balaban J connectivity index is 1.89. The summed E-state index contributed by atoms with van der Waals surface area (Å²) in [6, 6.07) is 8.53. The number of nitrogens with zero attached hydrogens (tertiary/aromatic N) is 2. The summed E-state index contributed by atoms with van der Waals surface area (Å²) in [5.74, 6) is 0.334. The summed E-state index contributed by atoms with van der Waals surface area (Å²) in [6.45, 7) is 1.91. The number of aromatic amines is 1. The molecule has 7 nitrogen and oxygen atoms in total. The predicted molar refractivity (Wildman–Crippen MR) is 99.2 cm³/mol. The van der Waals surface area contributed by atoms with Gasteiger partial charge in [0.1, 0.15) is 11.5 Å². The van der Waals surface area contributed by atoms with Crippen LogP contribution >= 0.6 is 12.2 Å². The first-order valence-corrected chi connectivity index (χ1v) is 8.54. The number of phenolic OH excluding ortho intramolecular Hbond substituents is 2. The fourth-order valence-electron chi connectivity index (χ4n) is 3.16. The number of rotatable bonds is 3. The second kappa shape index (κ2) is 5.99. The Bertz CT molecular complexity index is 1100. The highest BCUT2D eigenvalue weighted by Crippen LogP contribution is 2.36. The van der Waals surface area contributed by atoms with Crippen LogP contribution in [0, 0.1) is 4.77 Å². The Labute approximate surface area is 153 Å². The SMILES string of the molecule is CCc1cc(-c2n[nH]c(=S)n2-c2ccc3c(c2)CC(=O)N3)c(O)cc1O. The van der Waals surface area contributed by atoms with E-state index in [0.29, 0.717) is 34.6 Å². The van der Waals surface area contributed by atoms with Gasteiger partial charge >= 0.3 is 0 Å². The van der Waals surface area contributed by atoms with Crippen LogP contribution in [0.25, 0.3) is 17.1 Å². The average Bonchev–Trinajstić information content (AvgIpc) is 3.16. The fourth-order valence-corrected chi connectivity index (χ4v) is 3.39. The lowest BCUT2D eigenvalue weighted by molar-refractivity contribution is -0.115. The molecule has 26 heavy (non-hydrogen) atoms. The molecule has 4 N–H and O–H groups in total. The van der Waals surface area contributed by atoms with Crippen molar-refractivity contribution in [3.63, 3.8) is 0 Å². The number of nitrogens with one attached hydrogen (secondary N) is 2. The number of amides is 1. The summed E-state index contributed by atoms with van der Waals surface area (Å²) < 4.78 is 2.06. The molecular formula is C18H16N4O3S. The van der Waals surface area contributed by atoms with Crippen molar-refractivity contribution >= 4 is 23.8 Å². The molecule has 4 rings (SSSR count). The van der Waals surface area contributed by atoms with Crippen molar-refractivity contribution in [2.75, 3.05) is 5.32 Å². The second-order valence-electron chi connectivity index (χ2n) is 6.11. The number of hydrogen-bond acceptors (Lipinski definition) is 5. The number of carbonyl (C=O) groups excluding carboxylic acids is 1. The maximum absolute atomic E-state index is 11.6. The molecule has 8 heteroatoms. The number of H-pyrrole nitrogens is 1. The third kappa shape index (κ3) is 2.55. The topological polar surface area (TPSA) is 103 Å². The Hall–Kier alpha value is -3.13. The summed E-state index contributed by atoms with van der Waals surface area (Å²) in [5, 5.41) is 30.1. The maximum atomic E-state index is 11.6. The van der Waals surface area contributed by atoms with E-state index in [-0.39, 0.29) is 17.4 Å². The molecule has 0 fully saturated rings. The largest absolute Gasteiger partial charge is 0.508 e. The lowest BCUT2D eigenvalue weighted by Crippen LogP contribution is -2.03. The minimum Gasteiger partial charge on any atom is -0.508 e. The van der Waals surface area contributed by atoms with E-state index >= 15 is 0 Å². The first kappa shape index (κ1) is 16.3. The van der Waals surface area contributed by atoms with Crippen molar-refractivity contribution in [1.82, 2.24) is 14.8 Å². The van der Waals surface area contributed by atoms with Crippen LogP contribution in [0.4, 0.5) is 5.69 Å². The monoisotopic (exact) mass is 368 g/mol. The van der Waals surface area contributed by atoms with Crippen molar-refractivity contribution in [3.05, 3.63) is 46.2 Å². The normalized spacial score (nSPS) is 12.9. The molecule has 0 aliphatic carbocycles. The lowest BCUT2D eigenvalue weighted by Gasteiger charge is -2.11. The zero-order chi connectivity index (χ0) is 18.4. The first-order chi connectivity index (χ1) is 12.5. The van der Waals surface area contributed by atoms with Crippen LogP contribution < -0.4 is 5.32 Å². The van der Waals surface area contributed by atoms with Crippen LogP contribution in [0.1, 0.15) is 18.1 Å². The quantitative estimate of drug-likeness (QED) is 0.532. The number of benzene rings is 2. The van der Waals surface area contributed by atoms with Crippen LogP contribution in [0.3, 0.4) is 0 Å². The molecule has 3 aromatic rings. The van der Waals surface area contributed by atoms with E-state index in [1.165, 1.54) is 6.07 Å². The highest BCUT2D eigenvalue weighted by Gasteiger charge is 2.21. The van der Waals surface area contributed by atoms with Crippen molar-refractivity contribution in [3.8, 4) is 28.6 Å². The van der Waals surface area contributed by atoms with Gasteiger partial charge < -0.3 is 15.5 Å². The average molecular weight is 368 g/mol. The zero-order valence-corrected chi connectivity index (χ0v) is 14.7. The molecule has 0 bridgehead atoms. The smallest absolute Gasteiger partial charge is 0.228 e. The predicted octanol–water partition coefficient (Wildman–Crippen LogP) is 3.07. The van der Waals surface area contributed by atoms with E-state index in [1.807, 2.05) is 25.1 Å². The van der Waals surface area contributed by atoms with E-state index < -0.39 is 0 Å². The third-order valence-corrected chi connectivity index (χ3v) is 4.74. The third-order valence-electron chi connectivity index (χ3n) is 4.46. The summed E-state index contributed by atoms with van der Waals surface area (Å²) in [4.78, 5) is 11.6. The van der Waals surface area contributed by atoms with Gasteiger partial charge in [-0.1, -0.05) is 6.92 Å². The van der Waals surface area contributed by atoms with E-state index in [0.717, 1.165) is 16.9 Å². The molecule has 0 atom stereocenters. The highest BCUT2D eigenvalue weighted by atomic mass is 32.1. The number of phenols is 2. The van der Waals surface area contributed by atoms with Gasteiger partial charge in [-0.2, -0.15) is 5.10 Å². The molecule has 0 saturated carbocycles. The molecule has 1 amide bonds. The molecule has 1 aliphatic rings.